The zero-order chi connectivity index (χ0) is 7.23. The van der Waals surface area contributed by atoms with Crippen LogP contribution in [0.2, 0.25) is 0 Å². The van der Waals surface area contributed by atoms with E-state index in [4.69, 9.17) is 0 Å². The van der Waals surface area contributed by atoms with Gasteiger partial charge >= 0.3 is 72.1 Å². The Hall–Kier alpha value is 0.730. The molecule has 0 nitrogen and oxygen atoms in total. The first-order valence-electron chi connectivity index (χ1n) is 4.51. The third-order valence-corrected chi connectivity index (χ3v) is 8.92. The first kappa shape index (κ1) is 8.82. The molecule has 1 saturated heterocycles. The fourth-order valence-electron chi connectivity index (χ4n) is 1.35. The van der Waals surface area contributed by atoms with Gasteiger partial charge in [0.1, 0.15) is 0 Å². The van der Waals surface area contributed by atoms with Crippen molar-refractivity contribution < 1.29 is 0 Å². The number of hydrogen-bond acceptors (Lipinski definition) is 0. The molecule has 0 radical (unpaired) electrons. The second-order valence-electron chi connectivity index (χ2n) is 3.05. The summed E-state index contributed by atoms with van der Waals surface area (Å²) in [6.07, 6.45) is 7.65. The maximum atomic E-state index is 2.32. The monoisotopic (exact) mass is 254 g/mol. The first-order chi connectivity index (χ1) is 4.93. The first-order valence-corrected chi connectivity index (χ1v) is 9.09. The Balaban J connectivity index is 2.02. The molecule has 0 amide bonds. The van der Waals surface area contributed by atoms with Crippen molar-refractivity contribution in [3.8, 4) is 0 Å². The van der Waals surface area contributed by atoms with Gasteiger partial charge in [-0.1, -0.05) is 0 Å². The van der Waals surface area contributed by atoms with Crippen LogP contribution in [-0.2, 0) is 0 Å². The summed E-state index contributed by atoms with van der Waals surface area (Å²) < 4.78 is 5.04. The SMILES string of the molecule is CCCCI1CCCCC1. The third-order valence-electron chi connectivity index (χ3n) is 2.06. The molecule has 1 rings (SSSR count). The van der Waals surface area contributed by atoms with Gasteiger partial charge in [0.2, 0.25) is 0 Å². The van der Waals surface area contributed by atoms with E-state index in [2.05, 4.69) is 6.92 Å². The van der Waals surface area contributed by atoms with Gasteiger partial charge in [-0.15, -0.1) is 0 Å². The molecule has 1 aliphatic rings. The molecule has 0 aromatic heterocycles. The molecule has 0 aromatic carbocycles. The van der Waals surface area contributed by atoms with E-state index in [1.54, 1.807) is 32.5 Å². The zero-order valence-electron chi connectivity index (χ0n) is 7.03. The molecule has 0 spiro atoms. The van der Waals surface area contributed by atoms with Gasteiger partial charge in [-0.3, -0.25) is 0 Å². The number of rotatable bonds is 3. The number of alkyl halides is 3. The Morgan fingerprint density at radius 3 is 2.40 bits per heavy atom. The van der Waals surface area contributed by atoms with E-state index in [0.717, 1.165) is 0 Å². The predicted molar refractivity (Wildman–Crippen MR) is 57.4 cm³/mol. The van der Waals surface area contributed by atoms with E-state index in [9.17, 15) is 0 Å². The van der Waals surface area contributed by atoms with Crippen molar-refractivity contribution in [1.82, 2.24) is 0 Å². The van der Waals surface area contributed by atoms with Crippen molar-refractivity contribution in [2.75, 3.05) is 13.3 Å². The molecular formula is C9H19I. The summed E-state index contributed by atoms with van der Waals surface area (Å²) in [5, 5.41) is 0. The third kappa shape index (κ3) is 3.22. The van der Waals surface area contributed by atoms with Gasteiger partial charge in [-0.25, -0.2) is 0 Å². The van der Waals surface area contributed by atoms with Gasteiger partial charge in [0.25, 0.3) is 0 Å². The summed E-state index contributed by atoms with van der Waals surface area (Å²) in [7, 11) is 0. The van der Waals surface area contributed by atoms with Crippen LogP contribution >= 0.6 is 19.8 Å². The van der Waals surface area contributed by atoms with Gasteiger partial charge in [-0.05, 0) is 0 Å². The van der Waals surface area contributed by atoms with E-state index < -0.39 is 0 Å². The normalized spacial score (nSPS) is 23.1. The molecule has 1 heterocycles. The molecule has 10 heavy (non-hydrogen) atoms. The molecule has 1 heteroatoms. The van der Waals surface area contributed by atoms with Crippen LogP contribution in [0.25, 0.3) is 0 Å². The van der Waals surface area contributed by atoms with Crippen molar-refractivity contribution in [3.05, 3.63) is 0 Å². The Kier molecular flexibility index (Phi) is 4.76. The second kappa shape index (κ2) is 5.39. The summed E-state index contributed by atoms with van der Waals surface area (Å²) in [5.41, 5.74) is 0. The number of unbranched alkanes of at least 4 members (excludes halogenated alkanes) is 1. The van der Waals surface area contributed by atoms with Gasteiger partial charge in [0, 0.05) is 0 Å². The van der Waals surface area contributed by atoms with Crippen LogP contribution in [-0.4, -0.2) is 13.3 Å². The summed E-state index contributed by atoms with van der Waals surface area (Å²) in [5.74, 6) is 0. The summed E-state index contributed by atoms with van der Waals surface area (Å²) in [6, 6.07) is 0. The van der Waals surface area contributed by atoms with Crippen molar-refractivity contribution >= 4 is 19.8 Å². The average Bonchev–Trinajstić information content (AvgIpc) is 2.03. The zero-order valence-corrected chi connectivity index (χ0v) is 9.19. The Labute approximate surface area is 72.2 Å². The molecule has 0 saturated carbocycles. The molecule has 1 aliphatic heterocycles. The number of hydrogen-bond donors (Lipinski definition) is 0. The van der Waals surface area contributed by atoms with Gasteiger partial charge in [0.05, 0.1) is 0 Å². The number of halogens is 1. The van der Waals surface area contributed by atoms with Crippen LogP contribution in [0.15, 0.2) is 0 Å². The van der Waals surface area contributed by atoms with Crippen molar-refractivity contribution in [2.45, 2.75) is 39.0 Å². The topological polar surface area (TPSA) is 0 Å². The molecule has 0 atom stereocenters. The standard InChI is InChI=1S/C9H19I/c1-2-3-7-10-8-5-4-6-9-10/h2-9H2,1H3. The van der Waals surface area contributed by atoms with Gasteiger partial charge in [-0.2, -0.15) is 0 Å². The van der Waals surface area contributed by atoms with Crippen LogP contribution in [0.4, 0.5) is 0 Å². The Morgan fingerprint density at radius 2 is 1.80 bits per heavy atom. The van der Waals surface area contributed by atoms with Crippen LogP contribution < -0.4 is 0 Å². The van der Waals surface area contributed by atoms with E-state index >= 15 is 0 Å². The molecule has 0 aliphatic carbocycles. The fourth-order valence-corrected chi connectivity index (χ4v) is 8.05. The van der Waals surface area contributed by atoms with Crippen LogP contribution in [0.3, 0.4) is 0 Å². The van der Waals surface area contributed by atoms with Crippen LogP contribution in [0.1, 0.15) is 39.0 Å². The average molecular weight is 254 g/mol. The predicted octanol–water partition coefficient (Wildman–Crippen LogP) is 3.48. The van der Waals surface area contributed by atoms with Crippen LogP contribution in [0.5, 0.6) is 0 Å². The second-order valence-corrected chi connectivity index (χ2v) is 9.52. The van der Waals surface area contributed by atoms with Crippen molar-refractivity contribution in [3.63, 3.8) is 0 Å². The van der Waals surface area contributed by atoms with Crippen molar-refractivity contribution in [2.24, 2.45) is 0 Å². The minimum atomic E-state index is -0.304. The summed E-state index contributed by atoms with van der Waals surface area (Å²) >= 11 is -0.304. The Morgan fingerprint density at radius 1 is 1.10 bits per heavy atom. The maximum absolute atomic E-state index is 2.32. The summed E-state index contributed by atoms with van der Waals surface area (Å²) in [6.45, 7) is 2.32. The van der Waals surface area contributed by atoms with E-state index in [1.807, 2.05) is 0 Å². The quantitative estimate of drug-likeness (QED) is 0.534. The fraction of sp³-hybridized carbons (Fsp3) is 1.00. The van der Waals surface area contributed by atoms with Gasteiger partial charge in [0.15, 0.2) is 0 Å². The molecule has 1 fully saturated rings. The van der Waals surface area contributed by atoms with Gasteiger partial charge < -0.3 is 0 Å². The molecule has 0 bridgehead atoms. The minimum absolute atomic E-state index is 0.304. The van der Waals surface area contributed by atoms with E-state index in [-0.39, 0.29) is 19.8 Å². The van der Waals surface area contributed by atoms with E-state index in [1.165, 1.54) is 12.8 Å². The molecular weight excluding hydrogens is 235 g/mol. The molecule has 0 unspecified atom stereocenters. The molecule has 0 aromatic rings. The van der Waals surface area contributed by atoms with E-state index in [0.29, 0.717) is 0 Å². The van der Waals surface area contributed by atoms with Crippen molar-refractivity contribution in [1.29, 1.82) is 0 Å². The molecule has 62 valence electrons. The summed E-state index contributed by atoms with van der Waals surface area (Å²) in [4.78, 5) is 0. The molecule has 0 N–H and O–H groups in total. The van der Waals surface area contributed by atoms with Crippen LogP contribution in [0, 0.1) is 0 Å². The Bertz CT molecular complexity index is 74.8.